The van der Waals surface area contributed by atoms with E-state index in [-0.39, 0.29) is 5.91 Å². The average molecular weight is 342 g/mol. The Balaban J connectivity index is 1.50. The van der Waals surface area contributed by atoms with E-state index >= 15 is 0 Å². The number of benzene rings is 2. The number of anilines is 3. The molecular weight excluding hydrogens is 320 g/mol. The number of nitrogen functional groups attached to an aromatic ring is 2. The van der Waals surface area contributed by atoms with Gasteiger partial charge in [-0.15, -0.1) is 11.8 Å². The molecule has 0 aromatic heterocycles. The molecule has 6 heteroatoms. The van der Waals surface area contributed by atoms with Crippen molar-refractivity contribution in [2.24, 2.45) is 0 Å². The number of nitrogens with two attached hydrogens (primary N) is 2. The summed E-state index contributed by atoms with van der Waals surface area (Å²) in [6, 6.07) is 15.7. The van der Waals surface area contributed by atoms with Crippen LogP contribution in [-0.2, 0) is 4.79 Å². The highest BCUT2D eigenvalue weighted by Gasteiger charge is 2.21. The van der Waals surface area contributed by atoms with E-state index < -0.39 is 0 Å². The molecule has 0 aliphatic carbocycles. The third kappa shape index (κ3) is 4.14. The predicted molar refractivity (Wildman–Crippen MR) is 101 cm³/mol. The molecule has 0 bridgehead atoms. The van der Waals surface area contributed by atoms with Crippen molar-refractivity contribution in [2.45, 2.75) is 4.90 Å². The van der Waals surface area contributed by atoms with Gasteiger partial charge in [-0.25, -0.2) is 0 Å². The maximum Gasteiger partial charge on any atom is 0.233 e. The maximum atomic E-state index is 12.4. The summed E-state index contributed by atoms with van der Waals surface area (Å²) in [7, 11) is 0. The van der Waals surface area contributed by atoms with Gasteiger partial charge in [0.05, 0.1) is 5.75 Å². The van der Waals surface area contributed by atoms with Gasteiger partial charge in [0.1, 0.15) is 0 Å². The van der Waals surface area contributed by atoms with Crippen molar-refractivity contribution in [3.8, 4) is 0 Å². The Kier molecular flexibility index (Phi) is 5.15. The predicted octanol–water partition coefficient (Wildman–Crippen LogP) is 2.29. The van der Waals surface area contributed by atoms with Crippen molar-refractivity contribution in [3.05, 3.63) is 48.5 Å². The molecule has 1 aliphatic rings. The van der Waals surface area contributed by atoms with Crippen LogP contribution in [0.4, 0.5) is 17.1 Å². The van der Waals surface area contributed by atoms with E-state index in [1.54, 1.807) is 6.07 Å². The Morgan fingerprint density at radius 2 is 1.58 bits per heavy atom. The maximum absolute atomic E-state index is 12.4. The quantitative estimate of drug-likeness (QED) is 0.659. The van der Waals surface area contributed by atoms with E-state index in [1.807, 2.05) is 35.2 Å². The zero-order chi connectivity index (χ0) is 16.9. The van der Waals surface area contributed by atoms with Crippen LogP contribution >= 0.6 is 11.8 Å². The van der Waals surface area contributed by atoms with Crippen molar-refractivity contribution in [1.82, 2.24) is 4.90 Å². The van der Waals surface area contributed by atoms with Gasteiger partial charge in [0.15, 0.2) is 0 Å². The van der Waals surface area contributed by atoms with Gasteiger partial charge in [0.25, 0.3) is 0 Å². The second-order valence-corrected chi connectivity index (χ2v) is 6.88. The molecule has 3 rings (SSSR count). The minimum atomic E-state index is 0.161. The van der Waals surface area contributed by atoms with E-state index in [2.05, 4.69) is 17.0 Å². The van der Waals surface area contributed by atoms with Crippen LogP contribution in [0.15, 0.2) is 53.4 Å². The van der Waals surface area contributed by atoms with Crippen LogP contribution in [0.1, 0.15) is 0 Å². The van der Waals surface area contributed by atoms with Gasteiger partial charge in [-0.05, 0) is 30.3 Å². The summed E-state index contributed by atoms with van der Waals surface area (Å²) in [5.41, 5.74) is 14.0. The molecule has 0 saturated carbocycles. The first-order chi connectivity index (χ1) is 11.6. The van der Waals surface area contributed by atoms with Crippen molar-refractivity contribution >= 4 is 34.7 Å². The standard InChI is InChI=1S/C18H22N4OS/c19-14-10-15(20)12-17(11-14)24-13-18(23)22-8-6-21(7-9-22)16-4-2-1-3-5-16/h1-5,10-12H,6-9,13,19-20H2. The number of carbonyl (C=O) groups is 1. The largest absolute Gasteiger partial charge is 0.399 e. The molecule has 1 saturated heterocycles. The topological polar surface area (TPSA) is 75.6 Å². The number of carbonyl (C=O) groups excluding carboxylic acids is 1. The fourth-order valence-electron chi connectivity index (χ4n) is 2.82. The smallest absolute Gasteiger partial charge is 0.233 e. The van der Waals surface area contributed by atoms with Gasteiger partial charge in [-0.1, -0.05) is 18.2 Å². The summed E-state index contributed by atoms with van der Waals surface area (Å²) in [6.07, 6.45) is 0. The molecule has 0 radical (unpaired) electrons. The molecule has 5 nitrogen and oxygen atoms in total. The Bertz CT molecular complexity index is 679. The average Bonchev–Trinajstić information content (AvgIpc) is 2.60. The van der Waals surface area contributed by atoms with Crippen molar-refractivity contribution in [3.63, 3.8) is 0 Å². The Morgan fingerprint density at radius 3 is 2.21 bits per heavy atom. The van der Waals surface area contributed by atoms with E-state index in [9.17, 15) is 4.79 Å². The van der Waals surface area contributed by atoms with Gasteiger partial charge in [-0.3, -0.25) is 4.79 Å². The second kappa shape index (κ2) is 7.49. The van der Waals surface area contributed by atoms with Crippen LogP contribution in [0.25, 0.3) is 0 Å². The number of piperazine rings is 1. The van der Waals surface area contributed by atoms with E-state index in [0.717, 1.165) is 31.1 Å². The summed E-state index contributed by atoms with van der Waals surface area (Å²) in [5.74, 6) is 0.572. The lowest BCUT2D eigenvalue weighted by Crippen LogP contribution is -2.49. The fourth-order valence-corrected chi connectivity index (χ4v) is 3.73. The molecule has 24 heavy (non-hydrogen) atoms. The molecule has 1 fully saturated rings. The van der Waals surface area contributed by atoms with Crippen LogP contribution in [0.2, 0.25) is 0 Å². The molecule has 2 aromatic carbocycles. The Labute approximate surface area is 146 Å². The highest BCUT2D eigenvalue weighted by Crippen LogP contribution is 2.24. The van der Waals surface area contributed by atoms with E-state index in [0.29, 0.717) is 17.1 Å². The molecule has 0 unspecified atom stereocenters. The lowest BCUT2D eigenvalue weighted by molar-refractivity contribution is -0.128. The van der Waals surface area contributed by atoms with Gasteiger partial charge in [0.2, 0.25) is 5.91 Å². The summed E-state index contributed by atoms with van der Waals surface area (Å²) < 4.78 is 0. The Hall–Kier alpha value is -2.34. The molecule has 0 atom stereocenters. The zero-order valence-corrected chi connectivity index (χ0v) is 14.3. The highest BCUT2D eigenvalue weighted by molar-refractivity contribution is 8.00. The van der Waals surface area contributed by atoms with Crippen LogP contribution in [0.5, 0.6) is 0 Å². The summed E-state index contributed by atoms with van der Waals surface area (Å²) in [4.78, 5) is 17.6. The van der Waals surface area contributed by atoms with Crippen LogP contribution in [0.3, 0.4) is 0 Å². The van der Waals surface area contributed by atoms with Gasteiger partial charge in [-0.2, -0.15) is 0 Å². The lowest BCUT2D eigenvalue weighted by Gasteiger charge is -2.36. The third-order valence-corrected chi connectivity index (χ3v) is 5.03. The van der Waals surface area contributed by atoms with Crippen molar-refractivity contribution in [2.75, 3.05) is 48.3 Å². The van der Waals surface area contributed by atoms with Crippen LogP contribution in [0, 0.1) is 0 Å². The number of para-hydroxylation sites is 1. The monoisotopic (exact) mass is 342 g/mol. The minimum Gasteiger partial charge on any atom is -0.399 e. The molecule has 0 spiro atoms. The van der Waals surface area contributed by atoms with Crippen molar-refractivity contribution < 1.29 is 4.79 Å². The number of thioether (sulfide) groups is 1. The number of rotatable bonds is 4. The van der Waals surface area contributed by atoms with Crippen LogP contribution < -0.4 is 16.4 Å². The van der Waals surface area contributed by atoms with Gasteiger partial charge in [0, 0.05) is 48.1 Å². The van der Waals surface area contributed by atoms with Gasteiger partial charge < -0.3 is 21.3 Å². The summed E-state index contributed by atoms with van der Waals surface area (Å²) >= 11 is 1.48. The Morgan fingerprint density at radius 1 is 0.958 bits per heavy atom. The lowest BCUT2D eigenvalue weighted by atomic mass is 10.2. The number of amides is 1. The first-order valence-electron chi connectivity index (χ1n) is 7.98. The fraction of sp³-hybridized carbons (Fsp3) is 0.278. The SMILES string of the molecule is Nc1cc(N)cc(SCC(=O)N2CCN(c3ccccc3)CC2)c1. The van der Waals surface area contributed by atoms with Crippen molar-refractivity contribution in [1.29, 1.82) is 0 Å². The number of hydrogen-bond donors (Lipinski definition) is 2. The third-order valence-electron chi connectivity index (χ3n) is 4.07. The molecule has 1 aliphatic heterocycles. The zero-order valence-electron chi connectivity index (χ0n) is 13.5. The molecule has 1 amide bonds. The molecule has 1 heterocycles. The van der Waals surface area contributed by atoms with E-state index in [1.165, 1.54) is 17.4 Å². The first kappa shape index (κ1) is 16.5. The molecule has 126 valence electrons. The summed E-state index contributed by atoms with van der Waals surface area (Å²) in [6.45, 7) is 3.25. The first-order valence-corrected chi connectivity index (χ1v) is 8.97. The minimum absolute atomic E-state index is 0.161. The number of nitrogens with zero attached hydrogens (tertiary/aromatic N) is 2. The normalized spacial score (nSPS) is 14.7. The molecular formula is C18H22N4OS. The highest BCUT2D eigenvalue weighted by atomic mass is 32.2. The van der Waals surface area contributed by atoms with Gasteiger partial charge >= 0.3 is 0 Å². The second-order valence-electron chi connectivity index (χ2n) is 5.83. The molecule has 2 aromatic rings. The van der Waals surface area contributed by atoms with Crippen LogP contribution in [-0.4, -0.2) is 42.7 Å². The number of hydrogen-bond acceptors (Lipinski definition) is 5. The van der Waals surface area contributed by atoms with E-state index in [4.69, 9.17) is 11.5 Å². The molecule has 4 N–H and O–H groups in total. The summed E-state index contributed by atoms with van der Waals surface area (Å²) in [5, 5.41) is 0.